The van der Waals surface area contributed by atoms with Crippen molar-refractivity contribution in [3.05, 3.63) is 35.5 Å². The highest BCUT2D eigenvalue weighted by molar-refractivity contribution is 5.52. The van der Waals surface area contributed by atoms with E-state index in [1.54, 1.807) is 0 Å². The highest BCUT2D eigenvalue weighted by atomic mass is 15.5. The first-order chi connectivity index (χ1) is 8.15. The number of anilines is 1. The summed E-state index contributed by atoms with van der Waals surface area (Å²) >= 11 is 0. The van der Waals surface area contributed by atoms with Crippen LogP contribution in [0.15, 0.2) is 24.3 Å². The lowest BCUT2D eigenvalue weighted by atomic mass is 10.0. The van der Waals surface area contributed by atoms with Gasteiger partial charge in [0.1, 0.15) is 6.07 Å². The van der Waals surface area contributed by atoms with Gasteiger partial charge in [-0.05, 0) is 17.5 Å². The Balaban J connectivity index is 2.61. The molecule has 1 aromatic heterocycles. The van der Waals surface area contributed by atoms with Crippen molar-refractivity contribution in [2.75, 3.05) is 5.73 Å². The Labute approximate surface area is 99.5 Å². The maximum Gasteiger partial charge on any atom is 0.206 e. The van der Waals surface area contributed by atoms with Crippen LogP contribution in [0.4, 0.5) is 5.82 Å². The van der Waals surface area contributed by atoms with Gasteiger partial charge in [0.05, 0.1) is 5.69 Å². The summed E-state index contributed by atoms with van der Waals surface area (Å²) in [5, 5.41) is 16.5. The van der Waals surface area contributed by atoms with Gasteiger partial charge in [-0.1, -0.05) is 37.3 Å². The van der Waals surface area contributed by atoms with Crippen LogP contribution in [0.5, 0.6) is 0 Å². The first kappa shape index (κ1) is 11.1. The van der Waals surface area contributed by atoms with E-state index in [9.17, 15) is 0 Å². The van der Waals surface area contributed by atoms with E-state index >= 15 is 0 Å². The monoisotopic (exact) mass is 227 g/mol. The van der Waals surface area contributed by atoms with E-state index in [0.717, 1.165) is 11.3 Å². The van der Waals surface area contributed by atoms with Crippen LogP contribution in [-0.4, -0.2) is 15.0 Å². The summed E-state index contributed by atoms with van der Waals surface area (Å²) in [7, 11) is 0. The molecule has 2 rings (SSSR count). The zero-order valence-electron chi connectivity index (χ0n) is 9.75. The molecule has 1 heterocycles. The Hall–Kier alpha value is -2.35. The first-order valence-electron chi connectivity index (χ1n) is 5.35. The number of nitrogens with zero attached hydrogens (tertiary/aromatic N) is 4. The van der Waals surface area contributed by atoms with Crippen molar-refractivity contribution in [2.45, 2.75) is 19.8 Å². The third-order valence-corrected chi connectivity index (χ3v) is 2.60. The van der Waals surface area contributed by atoms with Crippen LogP contribution in [0.1, 0.15) is 31.0 Å². The van der Waals surface area contributed by atoms with Gasteiger partial charge in [0.25, 0.3) is 0 Å². The average Bonchev–Trinajstić information content (AvgIpc) is 2.70. The number of aromatic nitrogens is 3. The number of para-hydroxylation sites is 1. The molecule has 5 nitrogen and oxygen atoms in total. The fraction of sp³-hybridized carbons (Fsp3) is 0.250. The average molecular weight is 227 g/mol. The summed E-state index contributed by atoms with van der Waals surface area (Å²) in [5.41, 5.74) is 7.97. The van der Waals surface area contributed by atoms with E-state index in [2.05, 4.69) is 24.2 Å². The van der Waals surface area contributed by atoms with Crippen molar-refractivity contribution in [3.63, 3.8) is 0 Å². The van der Waals surface area contributed by atoms with Crippen molar-refractivity contribution in [2.24, 2.45) is 0 Å². The highest BCUT2D eigenvalue weighted by Crippen LogP contribution is 2.24. The molecule has 2 aromatic rings. The molecule has 0 bridgehead atoms. The van der Waals surface area contributed by atoms with Crippen LogP contribution in [0.2, 0.25) is 0 Å². The van der Waals surface area contributed by atoms with Gasteiger partial charge in [-0.15, -0.1) is 5.10 Å². The maximum atomic E-state index is 8.81. The van der Waals surface area contributed by atoms with Gasteiger partial charge in [-0.25, -0.2) is 0 Å². The van der Waals surface area contributed by atoms with Gasteiger partial charge in [-0.3, -0.25) is 0 Å². The molecule has 0 fully saturated rings. The summed E-state index contributed by atoms with van der Waals surface area (Å²) in [5.74, 6) is 0.626. The molecule has 0 unspecified atom stereocenters. The second kappa shape index (κ2) is 4.26. The number of benzene rings is 1. The van der Waals surface area contributed by atoms with Crippen molar-refractivity contribution in [1.29, 1.82) is 5.26 Å². The highest BCUT2D eigenvalue weighted by Gasteiger charge is 2.14. The molecule has 0 aliphatic heterocycles. The van der Waals surface area contributed by atoms with Crippen molar-refractivity contribution in [3.8, 4) is 11.8 Å². The molecular formula is C12H13N5. The van der Waals surface area contributed by atoms with E-state index in [0.29, 0.717) is 5.92 Å². The minimum absolute atomic E-state index is 0.156. The third kappa shape index (κ3) is 1.85. The van der Waals surface area contributed by atoms with Gasteiger partial charge in [0.15, 0.2) is 5.82 Å². The molecule has 0 aliphatic rings. The van der Waals surface area contributed by atoms with E-state index in [-0.39, 0.29) is 11.5 Å². The lowest BCUT2D eigenvalue weighted by molar-refractivity contribution is 0.775. The van der Waals surface area contributed by atoms with E-state index in [1.165, 1.54) is 4.68 Å². The Kier molecular flexibility index (Phi) is 2.79. The number of hydrogen-bond donors (Lipinski definition) is 1. The van der Waals surface area contributed by atoms with Crippen LogP contribution >= 0.6 is 0 Å². The molecule has 0 atom stereocenters. The lowest BCUT2D eigenvalue weighted by Gasteiger charge is -2.12. The van der Waals surface area contributed by atoms with Gasteiger partial charge in [0.2, 0.25) is 5.69 Å². The molecule has 86 valence electrons. The molecule has 1 aromatic carbocycles. The van der Waals surface area contributed by atoms with Crippen LogP contribution < -0.4 is 5.73 Å². The molecule has 0 amide bonds. The van der Waals surface area contributed by atoms with E-state index in [1.807, 2.05) is 30.3 Å². The summed E-state index contributed by atoms with van der Waals surface area (Å²) < 4.78 is 1.51. The first-order valence-corrected chi connectivity index (χ1v) is 5.35. The Bertz CT molecular complexity index is 577. The topological polar surface area (TPSA) is 80.5 Å². The Morgan fingerprint density at radius 2 is 2.06 bits per heavy atom. The number of nitrogens with two attached hydrogens (primary N) is 1. The van der Waals surface area contributed by atoms with Crippen molar-refractivity contribution in [1.82, 2.24) is 15.0 Å². The van der Waals surface area contributed by atoms with Crippen LogP contribution in [0, 0.1) is 11.3 Å². The SMILES string of the molecule is CC(C)c1ccccc1-n1nnc(C#N)c1N. The number of rotatable bonds is 2. The quantitative estimate of drug-likeness (QED) is 0.848. The number of nitrogen functional groups attached to an aromatic ring is 1. The van der Waals surface area contributed by atoms with Crippen molar-refractivity contribution < 1.29 is 0 Å². The Morgan fingerprint density at radius 1 is 1.35 bits per heavy atom. The summed E-state index contributed by atoms with van der Waals surface area (Å²) in [6.07, 6.45) is 0. The third-order valence-electron chi connectivity index (χ3n) is 2.60. The lowest BCUT2D eigenvalue weighted by Crippen LogP contribution is -2.06. The summed E-state index contributed by atoms with van der Waals surface area (Å²) in [6.45, 7) is 4.19. The molecule has 0 aliphatic carbocycles. The fourth-order valence-electron chi connectivity index (χ4n) is 1.72. The predicted octanol–water partition coefficient (Wildman–Crippen LogP) is 1.84. The second-order valence-electron chi connectivity index (χ2n) is 4.06. The minimum atomic E-state index is 0.156. The van der Waals surface area contributed by atoms with Gasteiger partial charge in [-0.2, -0.15) is 9.94 Å². The zero-order chi connectivity index (χ0) is 12.4. The van der Waals surface area contributed by atoms with Crippen LogP contribution in [-0.2, 0) is 0 Å². The Morgan fingerprint density at radius 3 is 2.65 bits per heavy atom. The van der Waals surface area contributed by atoms with Crippen LogP contribution in [0.3, 0.4) is 0 Å². The van der Waals surface area contributed by atoms with Gasteiger partial charge < -0.3 is 5.73 Å². The van der Waals surface area contributed by atoms with Gasteiger partial charge in [0, 0.05) is 0 Å². The molecule has 0 saturated heterocycles. The molecule has 0 spiro atoms. The van der Waals surface area contributed by atoms with E-state index < -0.39 is 0 Å². The van der Waals surface area contributed by atoms with Crippen LogP contribution in [0.25, 0.3) is 5.69 Å². The van der Waals surface area contributed by atoms with Gasteiger partial charge >= 0.3 is 0 Å². The largest absolute Gasteiger partial charge is 0.381 e. The standard InChI is InChI=1S/C12H13N5/c1-8(2)9-5-3-4-6-11(9)17-12(14)10(7-13)15-16-17/h3-6,8H,14H2,1-2H3. The normalized spacial score (nSPS) is 10.5. The second-order valence-corrected chi connectivity index (χ2v) is 4.06. The minimum Gasteiger partial charge on any atom is -0.381 e. The summed E-state index contributed by atoms with van der Waals surface area (Å²) in [6, 6.07) is 9.73. The fourth-order valence-corrected chi connectivity index (χ4v) is 1.72. The molecule has 5 heteroatoms. The maximum absolute atomic E-state index is 8.81. The van der Waals surface area contributed by atoms with Crippen molar-refractivity contribution >= 4 is 5.82 Å². The molecule has 17 heavy (non-hydrogen) atoms. The number of hydrogen-bond acceptors (Lipinski definition) is 4. The van der Waals surface area contributed by atoms with E-state index in [4.69, 9.17) is 11.0 Å². The molecule has 2 N–H and O–H groups in total. The molecule has 0 saturated carbocycles. The molecule has 0 radical (unpaired) electrons. The summed E-state index contributed by atoms with van der Waals surface area (Å²) in [4.78, 5) is 0. The smallest absolute Gasteiger partial charge is 0.206 e. The predicted molar refractivity (Wildman–Crippen MR) is 64.6 cm³/mol. The number of nitriles is 1. The molecular weight excluding hydrogens is 214 g/mol. The zero-order valence-corrected chi connectivity index (χ0v) is 9.75.